The molecular weight excluding hydrogens is 216 g/mol. The van der Waals surface area contributed by atoms with Crippen molar-refractivity contribution in [2.24, 2.45) is 0 Å². The van der Waals surface area contributed by atoms with Crippen LogP contribution in [-0.2, 0) is 6.54 Å². The van der Waals surface area contributed by atoms with Gasteiger partial charge < -0.3 is 10.4 Å². The number of aromatic hydroxyl groups is 1. The quantitative estimate of drug-likeness (QED) is 0.840. The molecule has 0 atom stereocenters. The van der Waals surface area contributed by atoms with E-state index in [1.165, 1.54) is 6.07 Å². The zero-order valence-corrected chi connectivity index (χ0v) is 9.13. The molecule has 0 aliphatic heterocycles. The van der Waals surface area contributed by atoms with Gasteiger partial charge in [-0.05, 0) is 24.3 Å². The number of phenols is 1. The van der Waals surface area contributed by atoms with Crippen LogP contribution < -0.4 is 5.32 Å². The van der Waals surface area contributed by atoms with E-state index in [1.54, 1.807) is 24.4 Å². The number of carbonyl (C=O) groups is 1. The van der Waals surface area contributed by atoms with Gasteiger partial charge in [0.25, 0.3) is 5.91 Å². The molecule has 0 saturated carbocycles. The molecular formula is C13H12N2O2. The summed E-state index contributed by atoms with van der Waals surface area (Å²) in [5.41, 5.74) is 1.04. The third-order valence-corrected chi connectivity index (χ3v) is 2.30. The Hall–Kier alpha value is -2.36. The van der Waals surface area contributed by atoms with Gasteiger partial charge in [-0.3, -0.25) is 9.78 Å². The summed E-state index contributed by atoms with van der Waals surface area (Å²) >= 11 is 0. The Kier molecular flexibility index (Phi) is 3.35. The molecule has 2 rings (SSSR count). The molecule has 4 heteroatoms. The van der Waals surface area contributed by atoms with Crippen molar-refractivity contribution in [3.8, 4) is 5.75 Å². The van der Waals surface area contributed by atoms with Gasteiger partial charge in [-0.1, -0.05) is 18.2 Å². The lowest BCUT2D eigenvalue weighted by Gasteiger charge is -2.05. The Morgan fingerprint density at radius 3 is 2.65 bits per heavy atom. The molecule has 1 aromatic heterocycles. The molecule has 0 saturated heterocycles. The van der Waals surface area contributed by atoms with Crippen LogP contribution in [0.25, 0.3) is 0 Å². The highest BCUT2D eigenvalue weighted by Crippen LogP contribution is 2.15. The lowest BCUT2D eigenvalue weighted by atomic mass is 10.2. The van der Waals surface area contributed by atoms with E-state index in [4.69, 9.17) is 0 Å². The second kappa shape index (κ2) is 5.12. The highest BCUT2D eigenvalue weighted by Gasteiger charge is 2.09. The number of carbonyl (C=O) groups excluding carboxylic acids is 1. The van der Waals surface area contributed by atoms with Crippen molar-refractivity contribution in [3.63, 3.8) is 0 Å². The highest BCUT2D eigenvalue weighted by molar-refractivity contribution is 5.96. The summed E-state index contributed by atoms with van der Waals surface area (Å²) in [4.78, 5) is 15.8. The molecule has 0 fully saturated rings. The maximum Gasteiger partial charge on any atom is 0.255 e. The monoisotopic (exact) mass is 228 g/mol. The van der Waals surface area contributed by atoms with Gasteiger partial charge in [-0.15, -0.1) is 0 Å². The van der Waals surface area contributed by atoms with Crippen LogP contribution in [0.5, 0.6) is 5.75 Å². The molecule has 1 aromatic carbocycles. The molecule has 0 bridgehead atoms. The van der Waals surface area contributed by atoms with Gasteiger partial charge in [0.05, 0.1) is 17.8 Å². The van der Waals surface area contributed by atoms with Crippen molar-refractivity contribution >= 4 is 5.91 Å². The topological polar surface area (TPSA) is 62.2 Å². The van der Waals surface area contributed by atoms with Crippen LogP contribution in [0, 0.1) is 0 Å². The van der Waals surface area contributed by atoms with Gasteiger partial charge in [0, 0.05) is 6.20 Å². The standard InChI is InChI=1S/C13H12N2O2/c16-12-7-2-1-6-11(12)13(17)15-9-10-5-3-4-8-14-10/h1-8,16H,9H2,(H,15,17). The SMILES string of the molecule is O=C(NCc1ccccn1)c1ccccc1O. The van der Waals surface area contributed by atoms with E-state index in [0.717, 1.165) is 5.69 Å². The maximum absolute atomic E-state index is 11.7. The second-order valence-electron chi connectivity index (χ2n) is 3.52. The first-order chi connectivity index (χ1) is 8.27. The lowest BCUT2D eigenvalue weighted by molar-refractivity contribution is 0.0948. The number of benzene rings is 1. The first kappa shape index (κ1) is 11.1. The van der Waals surface area contributed by atoms with Gasteiger partial charge in [-0.25, -0.2) is 0 Å². The third kappa shape index (κ3) is 2.81. The first-order valence-electron chi connectivity index (χ1n) is 5.23. The van der Waals surface area contributed by atoms with Crippen LogP contribution in [0.15, 0.2) is 48.7 Å². The van der Waals surface area contributed by atoms with Gasteiger partial charge in [0.15, 0.2) is 0 Å². The number of hydrogen-bond donors (Lipinski definition) is 2. The maximum atomic E-state index is 11.7. The van der Waals surface area contributed by atoms with E-state index in [2.05, 4.69) is 10.3 Å². The fourth-order valence-corrected chi connectivity index (χ4v) is 1.43. The number of pyridine rings is 1. The smallest absolute Gasteiger partial charge is 0.255 e. The van der Waals surface area contributed by atoms with Crippen molar-refractivity contribution in [2.45, 2.75) is 6.54 Å². The molecule has 0 unspecified atom stereocenters. The van der Waals surface area contributed by atoms with Crippen LogP contribution in [-0.4, -0.2) is 16.0 Å². The summed E-state index contributed by atoms with van der Waals surface area (Å²) in [7, 11) is 0. The Morgan fingerprint density at radius 1 is 1.18 bits per heavy atom. The van der Waals surface area contributed by atoms with Crippen LogP contribution in [0.2, 0.25) is 0 Å². The predicted molar refractivity (Wildman–Crippen MR) is 63.5 cm³/mol. The zero-order chi connectivity index (χ0) is 12.1. The molecule has 17 heavy (non-hydrogen) atoms. The lowest BCUT2D eigenvalue weighted by Crippen LogP contribution is -2.23. The van der Waals surface area contributed by atoms with Gasteiger partial charge in [0.2, 0.25) is 0 Å². The largest absolute Gasteiger partial charge is 0.507 e. The van der Waals surface area contributed by atoms with Crippen molar-refractivity contribution in [3.05, 3.63) is 59.9 Å². The normalized spacial score (nSPS) is 9.88. The van der Waals surface area contributed by atoms with E-state index in [1.807, 2.05) is 18.2 Å². The minimum atomic E-state index is -0.311. The van der Waals surface area contributed by atoms with Crippen LogP contribution >= 0.6 is 0 Å². The Morgan fingerprint density at radius 2 is 1.94 bits per heavy atom. The second-order valence-corrected chi connectivity index (χ2v) is 3.52. The van der Waals surface area contributed by atoms with Crippen LogP contribution in [0.1, 0.15) is 16.1 Å². The van der Waals surface area contributed by atoms with E-state index >= 15 is 0 Å². The number of nitrogens with zero attached hydrogens (tertiary/aromatic N) is 1. The summed E-state index contributed by atoms with van der Waals surface area (Å²) < 4.78 is 0. The molecule has 1 heterocycles. The number of para-hydroxylation sites is 1. The number of hydrogen-bond acceptors (Lipinski definition) is 3. The summed E-state index contributed by atoms with van der Waals surface area (Å²) in [6, 6.07) is 11.9. The highest BCUT2D eigenvalue weighted by atomic mass is 16.3. The molecule has 86 valence electrons. The van der Waals surface area contributed by atoms with E-state index < -0.39 is 0 Å². The number of rotatable bonds is 3. The Balaban J connectivity index is 2.01. The molecule has 0 aliphatic carbocycles. The van der Waals surface area contributed by atoms with E-state index in [-0.39, 0.29) is 17.2 Å². The third-order valence-electron chi connectivity index (χ3n) is 2.30. The van der Waals surface area contributed by atoms with Crippen LogP contribution in [0.3, 0.4) is 0 Å². The summed E-state index contributed by atoms with van der Waals surface area (Å²) in [5, 5.41) is 12.2. The van der Waals surface area contributed by atoms with E-state index in [0.29, 0.717) is 6.54 Å². The molecule has 0 spiro atoms. The summed E-state index contributed by atoms with van der Waals surface area (Å²) in [6.45, 7) is 0.341. The van der Waals surface area contributed by atoms with Gasteiger partial charge >= 0.3 is 0 Å². The number of nitrogens with one attached hydrogen (secondary N) is 1. The molecule has 0 radical (unpaired) electrons. The van der Waals surface area contributed by atoms with Crippen molar-refractivity contribution < 1.29 is 9.90 Å². The average molecular weight is 228 g/mol. The van der Waals surface area contributed by atoms with Crippen LogP contribution in [0.4, 0.5) is 0 Å². The molecule has 4 nitrogen and oxygen atoms in total. The molecule has 0 aliphatic rings. The fraction of sp³-hybridized carbons (Fsp3) is 0.0769. The average Bonchev–Trinajstić information content (AvgIpc) is 2.38. The Labute approximate surface area is 98.9 Å². The van der Waals surface area contributed by atoms with Crippen molar-refractivity contribution in [1.82, 2.24) is 10.3 Å². The molecule has 2 aromatic rings. The van der Waals surface area contributed by atoms with Crippen molar-refractivity contribution in [2.75, 3.05) is 0 Å². The summed E-state index contributed by atoms with van der Waals surface area (Å²) in [6.07, 6.45) is 1.67. The van der Waals surface area contributed by atoms with Gasteiger partial charge in [0.1, 0.15) is 5.75 Å². The first-order valence-corrected chi connectivity index (χ1v) is 5.23. The minimum absolute atomic E-state index is 0.0222. The number of amides is 1. The predicted octanol–water partition coefficient (Wildman–Crippen LogP) is 1.72. The van der Waals surface area contributed by atoms with E-state index in [9.17, 15) is 9.90 Å². The molecule has 2 N–H and O–H groups in total. The summed E-state index contributed by atoms with van der Waals surface area (Å²) in [5.74, 6) is -0.334. The number of aromatic nitrogens is 1. The van der Waals surface area contributed by atoms with Crippen molar-refractivity contribution in [1.29, 1.82) is 0 Å². The minimum Gasteiger partial charge on any atom is -0.507 e. The number of phenolic OH excluding ortho intramolecular Hbond substituents is 1. The fourth-order valence-electron chi connectivity index (χ4n) is 1.43. The van der Waals surface area contributed by atoms with Gasteiger partial charge in [-0.2, -0.15) is 0 Å². The molecule has 1 amide bonds. The Bertz CT molecular complexity index is 512. The zero-order valence-electron chi connectivity index (χ0n) is 9.13.